The first kappa shape index (κ1) is 13.9. The summed E-state index contributed by atoms with van der Waals surface area (Å²) in [4.78, 5) is 8.86. The topological polar surface area (TPSA) is 54.5 Å². The molecule has 2 heterocycles. The van der Waals surface area contributed by atoms with Crippen LogP contribution in [0, 0.1) is 11.3 Å². The van der Waals surface area contributed by atoms with Crippen LogP contribution in [0.2, 0.25) is 5.02 Å². The largest absolute Gasteiger partial charge is 0.279 e. The molecular formula is C15H10Cl2N4. The van der Waals surface area contributed by atoms with Gasteiger partial charge < -0.3 is 0 Å². The van der Waals surface area contributed by atoms with Gasteiger partial charge in [-0.2, -0.15) is 5.26 Å². The van der Waals surface area contributed by atoms with E-state index in [0.717, 1.165) is 5.69 Å². The number of imidazole rings is 1. The maximum atomic E-state index is 8.89. The van der Waals surface area contributed by atoms with E-state index in [1.54, 1.807) is 24.4 Å². The first-order valence-electron chi connectivity index (χ1n) is 6.28. The van der Waals surface area contributed by atoms with Crippen LogP contribution in [0.15, 0.2) is 36.5 Å². The number of nitrogens with zero attached hydrogens (tertiary/aromatic N) is 4. The van der Waals surface area contributed by atoms with E-state index in [4.69, 9.17) is 28.5 Å². The lowest BCUT2D eigenvalue weighted by Gasteiger charge is -2.09. The van der Waals surface area contributed by atoms with Crippen molar-refractivity contribution in [3.05, 3.63) is 52.9 Å². The van der Waals surface area contributed by atoms with Crippen molar-refractivity contribution in [1.29, 1.82) is 5.26 Å². The zero-order valence-electron chi connectivity index (χ0n) is 11.1. The number of hydrogen-bond donors (Lipinski definition) is 0. The zero-order chi connectivity index (χ0) is 15.0. The van der Waals surface area contributed by atoms with Gasteiger partial charge in [0, 0.05) is 11.9 Å². The molecule has 1 unspecified atom stereocenters. The number of pyridine rings is 1. The van der Waals surface area contributed by atoms with Gasteiger partial charge in [0.25, 0.3) is 0 Å². The fraction of sp³-hybridized carbons (Fsp3) is 0.133. The molecule has 6 heteroatoms. The van der Waals surface area contributed by atoms with Crippen LogP contribution in [0.25, 0.3) is 16.9 Å². The summed E-state index contributed by atoms with van der Waals surface area (Å²) in [7, 11) is 0. The third-order valence-electron chi connectivity index (χ3n) is 3.10. The standard InChI is InChI=1S/C15H10Cl2N4/c1-9(16)14-20-13-6-11(17)8-19-15(13)21(14)12-4-2-10(7-18)3-5-12/h2-6,8-9H,1H3. The van der Waals surface area contributed by atoms with Crippen LogP contribution in [-0.2, 0) is 0 Å². The predicted molar refractivity (Wildman–Crippen MR) is 82.9 cm³/mol. The second-order valence-electron chi connectivity index (χ2n) is 4.58. The first-order valence-corrected chi connectivity index (χ1v) is 7.10. The number of aromatic nitrogens is 3. The highest BCUT2D eigenvalue weighted by molar-refractivity contribution is 6.31. The Morgan fingerprint density at radius 1 is 1.29 bits per heavy atom. The number of hydrogen-bond acceptors (Lipinski definition) is 3. The van der Waals surface area contributed by atoms with Crippen LogP contribution in [0.4, 0.5) is 0 Å². The van der Waals surface area contributed by atoms with Gasteiger partial charge in [-0.25, -0.2) is 9.97 Å². The molecule has 0 bridgehead atoms. The lowest BCUT2D eigenvalue weighted by molar-refractivity contribution is 0.877. The summed E-state index contributed by atoms with van der Waals surface area (Å²) in [5.74, 6) is 0.686. The average Bonchev–Trinajstić information content (AvgIpc) is 2.86. The smallest absolute Gasteiger partial charge is 0.164 e. The number of rotatable bonds is 2. The van der Waals surface area contributed by atoms with Crippen molar-refractivity contribution in [2.75, 3.05) is 0 Å². The molecule has 21 heavy (non-hydrogen) atoms. The summed E-state index contributed by atoms with van der Waals surface area (Å²) in [6.07, 6.45) is 1.58. The minimum atomic E-state index is -0.284. The number of nitriles is 1. The molecule has 0 saturated heterocycles. The zero-order valence-corrected chi connectivity index (χ0v) is 12.6. The molecule has 0 fully saturated rings. The Morgan fingerprint density at radius 2 is 2.00 bits per heavy atom. The third-order valence-corrected chi connectivity index (χ3v) is 3.50. The molecule has 0 N–H and O–H groups in total. The van der Waals surface area contributed by atoms with Crippen LogP contribution in [0.1, 0.15) is 23.7 Å². The van der Waals surface area contributed by atoms with Crippen LogP contribution >= 0.6 is 23.2 Å². The molecule has 0 aliphatic rings. The van der Waals surface area contributed by atoms with Crippen LogP contribution in [0.5, 0.6) is 0 Å². The highest BCUT2D eigenvalue weighted by atomic mass is 35.5. The minimum absolute atomic E-state index is 0.284. The Morgan fingerprint density at radius 3 is 2.62 bits per heavy atom. The summed E-state index contributed by atoms with van der Waals surface area (Å²) in [6.45, 7) is 1.85. The van der Waals surface area contributed by atoms with Crippen molar-refractivity contribution in [3.63, 3.8) is 0 Å². The molecular weight excluding hydrogens is 307 g/mol. The molecule has 3 rings (SSSR count). The average molecular weight is 317 g/mol. The molecule has 0 saturated carbocycles. The number of fused-ring (bicyclic) bond motifs is 1. The fourth-order valence-electron chi connectivity index (χ4n) is 2.16. The lowest BCUT2D eigenvalue weighted by Crippen LogP contribution is -2.02. The number of alkyl halides is 1. The van der Waals surface area contributed by atoms with Gasteiger partial charge in [-0.1, -0.05) is 11.6 Å². The molecule has 2 aromatic heterocycles. The van der Waals surface area contributed by atoms with Crippen LogP contribution in [0.3, 0.4) is 0 Å². The minimum Gasteiger partial charge on any atom is -0.279 e. The first-order chi connectivity index (χ1) is 10.1. The van der Waals surface area contributed by atoms with Gasteiger partial charge in [0.15, 0.2) is 5.65 Å². The van der Waals surface area contributed by atoms with Gasteiger partial charge in [0.05, 0.1) is 22.0 Å². The molecule has 0 radical (unpaired) electrons. The van der Waals surface area contributed by atoms with Crippen LogP contribution in [-0.4, -0.2) is 14.5 Å². The summed E-state index contributed by atoms with van der Waals surface area (Å²) >= 11 is 12.2. The Balaban J connectivity index is 2.28. The van der Waals surface area contributed by atoms with Gasteiger partial charge in [0.1, 0.15) is 11.3 Å². The highest BCUT2D eigenvalue weighted by Gasteiger charge is 2.17. The van der Waals surface area contributed by atoms with Gasteiger partial charge in [-0.05, 0) is 37.3 Å². The molecule has 0 aliphatic carbocycles. The Labute approximate surface area is 131 Å². The summed E-state index contributed by atoms with van der Waals surface area (Å²) < 4.78 is 1.88. The van der Waals surface area contributed by atoms with Crippen LogP contribution < -0.4 is 0 Å². The van der Waals surface area contributed by atoms with Crippen molar-refractivity contribution < 1.29 is 0 Å². The summed E-state index contributed by atoms with van der Waals surface area (Å²) in [5, 5.41) is 9.13. The van der Waals surface area contributed by atoms with E-state index >= 15 is 0 Å². The fourth-order valence-corrected chi connectivity index (χ4v) is 2.46. The second kappa shape index (κ2) is 5.36. The molecule has 0 spiro atoms. The summed E-state index contributed by atoms with van der Waals surface area (Å²) in [6, 6.07) is 11.0. The van der Waals surface area contributed by atoms with Crippen molar-refractivity contribution in [2.24, 2.45) is 0 Å². The van der Waals surface area contributed by atoms with E-state index in [0.29, 0.717) is 27.6 Å². The van der Waals surface area contributed by atoms with E-state index in [2.05, 4.69) is 16.0 Å². The van der Waals surface area contributed by atoms with Crippen molar-refractivity contribution in [1.82, 2.24) is 14.5 Å². The maximum Gasteiger partial charge on any atom is 0.164 e. The quantitative estimate of drug-likeness (QED) is 0.664. The Bertz CT molecular complexity index is 844. The van der Waals surface area contributed by atoms with Crippen molar-refractivity contribution >= 4 is 34.4 Å². The second-order valence-corrected chi connectivity index (χ2v) is 5.67. The van der Waals surface area contributed by atoms with E-state index in [-0.39, 0.29) is 5.38 Å². The molecule has 1 aromatic carbocycles. The molecule has 1 atom stereocenters. The monoisotopic (exact) mass is 316 g/mol. The van der Waals surface area contributed by atoms with E-state index in [1.807, 2.05) is 23.6 Å². The van der Waals surface area contributed by atoms with Gasteiger partial charge in [-0.3, -0.25) is 4.57 Å². The third kappa shape index (κ3) is 2.46. The van der Waals surface area contributed by atoms with E-state index in [9.17, 15) is 0 Å². The highest BCUT2D eigenvalue weighted by Crippen LogP contribution is 2.28. The molecule has 0 amide bonds. The van der Waals surface area contributed by atoms with Crippen molar-refractivity contribution in [3.8, 4) is 11.8 Å². The van der Waals surface area contributed by atoms with Gasteiger partial charge >= 0.3 is 0 Å². The molecule has 0 aliphatic heterocycles. The van der Waals surface area contributed by atoms with Gasteiger partial charge in [0.2, 0.25) is 0 Å². The molecule has 3 aromatic rings. The predicted octanol–water partition coefficient (Wildman–Crippen LogP) is 4.25. The Kier molecular flexibility index (Phi) is 3.54. The van der Waals surface area contributed by atoms with Gasteiger partial charge in [-0.15, -0.1) is 11.6 Å². The maximum absolute atomic E-state index is 8.89. The van der Waals surface area contributed by atoms with E-state index in [1.165, 1.54) is 0 Å². The lowest BCUT2D eigenvalue weighted by atomic mass is 10.2. The number of halogens is 2. The molecule has 104 valence electrons. The SMILES string of the molecule is CC(Cl)c1nc2cc(Cl)cnc2n1-c1ccc(C#N)cc1. The molecule has 4 nitrogen and oxygen atoms in total. The number of benzene rings is 1. The van der Waals surface area contributed by atoms with Crippen molar-refractivity contribution in [2.45, 2.75) is 12.3 Å². The Hall–Kier alpha value is -2.09. The van der Waals surface area contributed by atoms with E-state index < -0.39 is 0 Å². The normalized spacial score (nSPS) is 12.3. The summed E-state index contributed by atoms with van der Waals surface area (Å²) in [5.41, 5.74) is 2.83.